The first-order valence-corrected chi connectivity index (χ1v) is 9.24. The Morgan fingerprint density at radius 1 is 0.952 bits per heavy atom. The number of hydrogen-bond acceptors (Lipinski definition) is 3. The molecule has 3 nitrogen and oxygen atoms in total. The van der Waals surface area contributed by atoms with Gasteiger partial charge in [0.05, 0.1) is 4.91 Å². The van der Waals surface area contributed by atoms with Crippen molar-refractivity contribution < 1.29 is 9.59 Å². The smallest absolute Gasteiger partial charge is 0.282 e. The molecule has 0 saturated carbocycles. The summed E-state index contributed by atoms with van der Waals surface area (Å²) >= 11 is 1.05. The van der Waals surface area contributed by atoms with Crippen LogP contribution < -0.4 is 5.32 Å². The highest BCUT2D eigenvalue weighted by atomic mass is 32.2. The van der Waals surface area contributed by atoms with Crippen LogP contribution in [0.3, 0.4) is 0 Å². The Bertz CT molecular complexity index is 366. The first-order valence-electron chi connectivity index (χ1n) is 8.42. The van der Waals surface area contributed by atoms with Crippen molar-refractivity contribution in [3.05, 3.63) is 11.0 Å². The summed E-state index contributed by atoms with van der Waals surface area (Å²) in [6.07, 6.45) is 14.4. The van der Waals surface area contributed by atoms with E-state index in [9.17, 15) is 9.59 Å². The summed E-state index contributed by atoms with van der Waals surface area (Å²) in [5, 5.41) is 2.11. The SMILES string of the molecule is CCCCCCCC(/C=C1/SC(=O)NC1=O)CCCCC. The number of carbonyl (C=O) groups excluding carboxylic acids is 2. The first kappa shape index (κ1) is 18.3. The van der Waals surface area contributed by atoms with Gasteiger partial charge >= 0.3 is 0 Å². The Labute approximate surface area is 133 Å². The van der Waals surface area contributed by atoms with Gasteiger partial charge in [-0.05, 0) is 30.5 Å². The lowest BCUT2D eigenvalue weighted by molar-refractivity contribution is -0.115. The molecule has 21 heavy (non-hydrogen) atoms. The molecule has 0 aromatic rings. The molecule has 1 saturated heterocycles. The maximum Gasteiger partial charge on any atom is 0.290 e. The fourth-order valence-electron chi connectivity index (χ4n) is 2.63. The molecule has 0 bridgehead atoms. The first-order chi connectivity index (χ1) is 10.2. The van der Waals surface area contributed by atoms with Gasteiger partial charge in [-0.2, -0.15) is 0 Å². The molecule has 1 aliphatic rings. The minimum atomic E-state index is -0.235. The van der Waals surface area contributed by atoms with Crippen LogP contribution in [0.5, 0.6) is 0 Å². The van der Waals surface area contributed by atoms with Crippen LogP contribution in [-0.4, -0.2) is 11.1 Å². The lowest BCUT2D eigenvalue weighted by Crippen LogP contribution is -2.18. The normalized spacial score (nSPS) is 18.3. The Kier molecular flexibility index (Phi) is 9.48. The van der Waals surface area contributed by atoms with E-state index in [1.165, 1.54) is 51.4 Å². The molecule has 1 aliphatic heterocycles. The third kappa shape index (κ3) is 7.70. The number of carbonyl (C=O) groups is 2. The number of rotatable bonds is 11. The lowest BCUT2D eigenvalue weighted by Gasteiger charge is -2.13. The Morgan fingerprint density at radius 3 is 2.10 bits per heavy atom. The zero-order valence-corrected chi connectivity index (χ0v) is 14.3. The van der Waals surface area contributed by atoms with Crippen LogP contribution in [0.25, 0.3) is 0 Å². The fourth-order valence-corrected chi connectivity index (χ4v) is 3.38. The molecule has 1 atom stereocenters. The van der Waals surface area contributed by atoms with Gasteiger partial charge < -0.3 is 0 Å². The molecule has 1 unspecified atom stereocenters. The van der Waals surface area contributed by atoms with Gasteiger partial charge in [0.25, 0.3) is 11.1 Å². The molecule has 1 rings (SSSR count). The number of imide groups is 1. The minimum absolute atomic E-state index is 0.212. The lowest BCUT2D eigenvalue weighted by atomic mass is 9.94. The minimum Gasteiger partial charge on any atom is -0.282 e. The van der Waals surface area contributed by atoms with Gasteiger partial charge in [-0.15, -0.1) is 0 Å². The summed E-state index contributed by atoms with van der Waals surface area (Å²) in [4.78, 5) is 23.5. The Balaban J connectivity index is 2.45. The zero-order valence-electron chi connectivity index (χ0n) is 13.5. The van der Waals surface area contributed by atoms with Gasteiger partial charge in [-0.25, -0.2) is 0 Å². The van der Waals surface area contributed by atoms with Crippen LogP contribution in [0.2, 0.25) is 0 Å². The highest BCUT2D eigenvalue weighted by molar-refractivity contribution is 8.18. The molecule has 0 aromatic carbocycles. The average Bonchev–Trinajstić information content (AvgIpc) is 2.76. The number of allylic oxidation sites excluding steroid dienone is 1. The predicted molar refractivity (Wildman–Crippen MR) is 90.2 cm³/mol. The van der Waals surface area contributed by atoms with Crippen molar-refractivity contribution in [3.63, 3.8) is 0 Å². The summed E-state index contributed by atoms with van der Waals surface area (Å²) < 4.78 is 0. The van der Waals surface area contributed by atoms with Crippen molar-refractivity contribution in [2.45, 2.75) is 78.1 Å². The summed E-state index contributed by atoms with van der Waals surface area (Å²) in [6, 6.07) is 0. The van der Waals surface area contributed by atoms with E-state index < -0.39 is 0 Å². The molecule has 0 radical (unpaired) electrons. The van der Waals surface area contributed by atoms with E-state index in [0.717, 1.165) is 24.6 Å². The van der Waals surface area contributed by atoms with Crippen LogP contribution >= 0.6 is 11.8 Å². The van der Waals surface area contributed by atoms with E-state index in [2.05, 4.69) is 19.2 Å². The number of thioether (sulfide) groups is 1. The van der Waals surface area contributed by atoms with Crippen LogP contribution in [0, 0.1) is 5.92 Å². The molecule has 0 spiro atoms. The van der Waals surface area contributed by atoms with Crippen molar-refractivity contribution in [2.24, 2.45) is 5.92 Å². The number of nitrogens with one attached hydrogen (secondary N) is 1. The third-order valence-electron chi connectivity index (χ3n) is 3.89. The molecule has 4 heteroatoms. The summed E-state index contributed by atoms with van der Waals surface area (Å²) in [7, 11) is 0. The van der Waals surface area contributed by atoms with E-state index >= 15 is 0 Å². The molecule has 1 fully saturated rings. The van der Waals surface area contributed by atoms with Gasteiger partial charge in [-0.1, -0.05) is 71.3 Å². The second-order valence-corrected chi connectivity index (χ2v) is 6.85. The average molecular weight is 311 g/mol. The number of hydrogen-bond donors (Lipinski definition) is 1. The quantitative estimate of drug-likeness (QED) is 0.410. The van der Waals surface area contributed by atoms with Crippen molar-refractivity contribution in [1.29, 1.82) is 0 Å². The topological polar surface area (TPSA) is 46.2 Å². The molecule has 1 heterocycles. The maximum atomic E-state index is 11.6. The highest BCUT2D eigenvalue weighted by Crippen LogP contribution is 2.28. The van der Waals surface area contributed by atoms with E-state index in [1.54, 1.807) is 0 Å². The van der Waals surface area contributed by atoms with Gasteiger partial charge in [-0.3, -0.25) is 14.9 Å². The van der Waals surface area contributed by atoms with Crippen LogP contribution in [0.1, 0.15) is 78.1 Å². The summed E-state index contributed by atoms with van der Waals surface area (Å²) in [5.74, 6) is 0.230. The van der Waals surface area contributed by atoms with Gasteiger partial charge in [0.1, 0.15) is 0 Å². The van der Waals surface area contributed by atoms with Crippen molar-refractivity contribution in [3.8, 4) is 0 Å². The predicted octanol–water partition coefficient (Wildman–Crippen LogP) is 5.41. The van der Waals surface area contributed by atoms with Crippen molar-refractivity contribution >= 4 is 22.9 Å². The van der Waals surface area contributed by atoms with E-state index in [1.807, 2.05) is 6.08 Å². The summed E-state index contributed by atoms with van der Waals surface area (Å²) in [5.41, 5.74) is 0. The molecule has 120 valence electrons. The van der Waals surface area contributed by atoms with Crippen LogP contribution in [0.15, 0.2) is 11.0 Å². The molecular formula is C17H29NO2S. The Morgan fingerprint density at radius 2 is 1.52 bits per heavy atom. The standard InChI is InChI=1S/C17H29NO2S/c1-3-5-7-8-10-12-14(11-9-6-4-2)13-15-16(19)18-17(20)21-15/h13-14H,3-12H2,1-2H3,(H,18,19,20)/b15-13+. The monoisotopic (exact) mass is 311 g/mol. The van der Waals surface area contributed by atoms with Gasteiger partial charge in [0.2, 0.25) is 0 Å². The third-order valence-corrected chi connectivity index (χ3v) is 4.71. The largest absolute Gasteiger partial charge is 0.290 e. The van der Waals surface area contributed by atoms with Crippen molar-refractivity contribution in [1.82, 2.24) is 5.32 Å². The maximum absolute atomic E-state index is 11.6. The second kappa shape index (κ2) is 10.9. The van der Waals surface area contributed by atoms with Crippen molar-refractivity contribution in [2.75, 3.05) is 0 Å². The van der Waals surface area contributed by atoms with Crippen LogP contribution in [0.4, 0.5) is 4.79 Å². The van der Waals surface area contributed by atoms with Crippen LogP contribution in [-0.2, 0) is 4.79 Å². The van der Waals surface area contributed by atoms with Gasteiger partial charge in [0.15, 0.2) is 0 Å². The molecule has 0 aromatic heterocycles. The van der Waals surface area contributed by atoms with E-state index in [4.69, 9.17) is 0 Å². The molecular weight excluding hydrogens is 282 g/mol. The fraction of sp³-hybridized carbons (Fsp3) is 0.765. The Hall–Kier alpha value is -0.770. The number of amides is 2. The molecule has 1 N–H and O–H groups in total. The number of unbranched alkanes of at least 4 members (excludes halogenated alkanes) is 6. The van der Waals surface area contributed by atoms with E-state index in [-0.39, 0.29) is 11.1 Å². The second-order valence-electron chi connectivity index (χ2n) is 5.83. The molecule has 2 amide bonds. The van der Waals surface area contributed by atoms with E-state index in [0.29, 0.717) is 10.8 Å². The summed E-state index contributed by atoms with van der Waals surface area (Å²) in [6.45, 7) is 4.43. The molecule has 0 aliphatic carbocycles. The zero-order chi connectivity index (χ0) is 15.5. The highest BCUT2D eigenvalue weighted by Gasteiger charge is 2.25. The van der Waals surface area contributed by atoms with Gasteiger partial charge in [0, 0.05) is 0 Å².